The number of aryl methyl sites for hydroxylation is 1. The van der Waals surface area contributed by atoms with Crippen molar-refractivity contribution in [2.75, 3.05) is 12.4 Å². The van der Waals surface area contributed by atoms with Gasteiger partial charge in [0.1, 0.15) is 6.61 Å². The SMILES string of the molecule is COc1cc(C=Nc2ccc([C@@H]3Nc4ccc(C)cc4[C@H]4C=CC[C@@H]43)cc2)cc(Cl)c1OCc1ccc(Cl)cc1Cl. The lowest BCUT2D eigenvalue weighted by molar-refractivity contribution is 0.285. The summed E-state index contributed by atoms with van der Waals surface area (Å²) in [7, 11) is 1.58. The van der Waals surface area contributed by atoms with Crippen molar-refractivity contribution in [2.45, 2.75) is 31.9 Å². The van der Waals surface area contributed by atoms with Crippen LogP contribution in [0.25, 0.3) is 0 Å². The molecule has 6 rings (SSSR count). The number of rotatable bonds is 7. The van der Waals surface area contributed by atoms with Crippen molar-refractivity contribution in [1.29, 1.82) is 0 Å². The first kappa shape index (κ1) is 27.7. The smallest absolute Gasteiger partial charge is 0.180 e. The molecule has 208 valence electrons. The lowest BCUT2D eigenvalue weighted by Crippen LogP contribution is -2.29. The molecule has 0 unspecified atom stereocenters. The van der Waals surface area contributed by atoms with Gasteiger partial charge in [-0.2, -0.15) is 0 Å². The number of methoxy groups -OCH3 is 1. The zero-order valence-electron chi connectivity index (χ0n) is 22.7. The molecule has 0 saturated heterocycles. The molecular weight excluding hydrogens is 575 g/mol. The highest BCUT2D eigenvalue weighted by molar-refractivity contribution is 6.35. The quantitative estimate of drug-likeness (QED) is 0.169. The third-order valence-corrected chi connectivity index (χ3v) is 8.64. The van der Waals surface area contributed by atoms with Gasteiger partial charge in [-0.05, 0) is 78.4 Å². The van der Waals surface area contributed by atoms with E-state index in [2.05, 4.69) is 66.9 Å². The van der Waals surface area contributed by atoms with Crippen LogP contribution < -0.4 is 14.8 Å². The number of benzene rings is 4. The largest absolute Gasteiger partial charge is 0.493 e. The molecule has 0 spiro atoms. The Labute approximate surface area is 255 Å². The second-order valence-corrected chi connectivity index (χ2v) is 11.7. The van der Waals surface area contributed by atoms with E-state index in [-0.39, 0.29) is 12.6 Å². The second-order valence-electron chi connectivity index (χ2n) is 10.5. The maximum Gasteiger partial charge on any atom is 0.180 e. The number of allylic oxidation sites excluding steroid dienone is 2. The van der Waals surface area contributed by atoms with Crippen LogP contribution in [-0.4, -0.2) is 13.3 Å². The predicted octanol–water partition coefficient (Wildman–Crippen LogP) is 10.1. The fourth-order valence-corrected chi connectivity index (χ4v) is 6.44. The number of hydrogen-bond acceptors (Lipinski definition) is 4. The molecule has 4 aromatic rings. The van der Waals surface area contributed by atoms with E-state index < -0.39 is 0 Å². The molecule has 0 saturated carbocycles. The third-order valence-electron chi connectivity index (χ3n) is 7.77. The Bertz CT molecular complexity index is 1650. The van der Waals surface area contributed by atoms with Crippen molar-refractivity contribution in [3.63, 3.8) is 0 Å². The first-order valence-corrected chi connectivity index (χ1v) is 14.6. The van der Waals surface area contributed by atoms with Gasteiger partial charge in [-0.1, -0.05) is 82.9 Å². The Morgan fingerprint density at radius 3 is 2.56 bits per heavy atom. The van der Waals surface area contributed by atoms with Crippen LogP contribution in [0.1, 0.15) is 46.2 Å². The molecule has 1 heterocycles. The Morgan fingerprint density at radius 1 is 0.951 bits per heavy atom. The molecule has 0 radical (unpaired) electrons. The van der Waals surface area contributed by atoms with Gasteiger partial charge in [0.2, 0.25) is 0 Å². The lowest BCUT2D eigenvalue weighted by atomic mass is 9.76. The van der Waals surface area contributed by atoms with E-state index >= 15 is 0 Å². The number of halogens is 3. The van der Waals surface area contributed by atoms with Crippen LogP contribution in [0.3, 0.4) is 0 Å². The second kappa shape index (κ2) is 11.8. The van der Waals surface area contributed by atoms with Crippen molar-refractivity contribution < 1.29 is 9.47 Å². The average molecular weight is 604 g/mol. The van der Waals surface area contributed by atoms with Gasteiger partial charge in [-0.25, -0.2) is 0 Å². The van der Waals surface area contributed by atoms with E-state index in [0.29, 0.717) is 38.4 Å². The number of nitrogens with one attached hydrogen (secondary N) is 1. The summed E-state index contributed by atoms with van der Waals surface area (Å²) in [4.78, 5) is 4.69. The molecular formula is C34H29Cl3N2O2. The summed E-state index contributed by atoms with van der Waals surface area (Å²) in [5, 5.41) is 5.33. The highest BCUT2D eigenvalue weighted by Gasteiger charge is 2.37. The molecule has 0 amide bonds. The minimum Gasteiger partial charge on any atom is -0.493 e. The van der Waals surface area contributed by atoms with Gasteiger partial charge >= 0.3 is 0 Å². The molecule has 0 bridgehead atoms. The normalized spacial score (nSPS) is 19.1. The fourth-order valence-electron chi connectivity index (χ4n) is 5.70. The minimum atomic E-state index is 0.227. The number of ether oxygens (including phenoxy) is 2. The van der Waals surface area contributed by atoms with E-state index in [0.717, 1.165) is 23.2 Å². The summed E-state index contributed by atoms with van der Waals surface area (Å²) < 4.78 is 11.5. The van der Waals surface area contributed by atoms with E-state index in [1.54, 1.807) is 31.5 Å². The molecule has 0 fully saturated rings. The zero-order valence-corrected chi connectivity index (χ0v) is 25.0. The predicted molar refractivity (Wildman–Crippen MR) is 170 cm³/mol. The maximum atomic E-state index is 6.59. The average Bonchev–Trinajstić information content (AvgIpc) is 3.47. The van der Waals surface area contributed by atoms with Gasteiger partial charge in [0, 0.05) is 33.4 Å². The Morgan fingerprint density at radius 2 is 1.78 bits per heavy atom. The fraction of sp³-hybridized carbons (Fsp3) is 0.206. The van der Waals surface area contributed by atoms with Crippen LogP contribution in [0.2, 0.25) is 15.1 Å². The summed E-state index contributed by atoms with van der Waals surface area (Å²) in [6, 6.07) is 24.3. The number of nitrogens with zero attached hydrogens (tertiary/aromatic N) is 1. The van der Waals surface area contributed by atoms with Crippen LogP contribution >= 0.6 is 34.8 Å². The Balaban J connectivity index is 1.17. The molecule has 7 heteroatoms. The van der Waals surface area contributed by atoms with Crippen LogP contribution in [0, 0.1) is 12.8 Å². The van der Waals surface area contributed by atoms with Gasteiger partial charge in [0.05, 0.1) is 23.9 Å². The molecule has 0 aromatic heterocycles. The maximum absolute atomic E-state index is 6.59. The molecule has 1 N–H and O–H groups in total. The van der Waals surface area contributed by atoms with E-state index in [4.69, 9.17) is 49.3 Å². The third kappa shape index (κ3) is 5.83. The Kier molecular flexibility index (Phi) is 7.99. The van der Waals surface area contributed by atoms with Crippen molar-refractivity contribution in [2.24, 2.45) is 10.9 Å². The van der Waals surface area contributed by atoms with Crippen molar-refractivity contribution in [1.82, 2.24) is 0 Å². The van der Waals surface area contributed by atoms with Crippen LogP contribution in [0.4, 0.5) is 11.4 Å². The number of aliphatic imine (C=N–C) groups is 1. The van der Waals surface area contributed by atoms with E-state index in [9.17, 15) is 0 Å². The van der Waals surface area contributed by atoms with Gasteiger partial charge in [-0.15, -0.1) is 0 Å². The monoisotopic (exact) mass is 602 g/mol. The Hall–Kier alpha value is -3.44. The summed E-state index contributed by atoms with van der Waals surface area (Å²) in [5.41, 5.74) is 7.65. The van der Waals surface area contributed by atoms with Gasteiger partial charge in [0.15, 0.2) is 11.5 Å². The van der Waals surface area contributed by atoms with Crippen LogP contribution in [0.15, 0.2) is 89.9 Å². The highest BCUT2D eigenvalue weighted by Crippen LogP contribution is 2.50. The molecule has 3 atom stereocenters. The number of fused-ring (bicyclic) bond motifs is 3. The van der Waals surface area contributed by atoms with E-state index in [1.807, 2.05) is 12.1 Å². The molecule has 2 aliphatic rings. The van der Waals surface area contributed by atoms with Crippen molar-refractivity contribution >= 4 is 52.4 Å². The van der Waals surface area contributed by atoms with Crippen LogP contribution in [-0.2, 0) is 6.61 Å². The lowest BCUT2D eigenvalue weighted by Gasteiger charge is -2.37. The van der Waals surface area contributed by atoms with Gasteiger partial charge in [0.25, 0.3) is 0 Å². The minimum absolute atomic E-state index is 0.227. The number of hydrogen-bond donors (Lipinski definition) is 1. The molecule has 4 aromatic carbocycles. The van der Waals surface area contributed by atoms with Crippen molar-refractivity contribution in [3.05, 3.63) is 128 Å². The first-order chi connectivity index (χ1) is 19.9. The zero-order chi connectivity index (χ0) is 28.5. The van der Waals surface area contributed by atoms with E-state index in [1.165, 1.54) is 22.4 Å². The summed E-state index contributed by atoms with van der Waals surface area (Å²) in [6.45, 7) is 2.38. The van der Waals surface area contributed by atoms with Crippen LogP contribution in [0.5, 0.6) is 11.5 Å². The molecule has 41 heavy (non-hydrogen) atoms. The standard InChI is InChI=1S/C34H29Cl3N2O2/c1-20-6-13-31-28(14-20)26-4-3-5-27(26)33(39-31)22-8-11-25(12-9-22)38-18-21-15-30(37)34(32(16-21)40-2)41-19-23-7-10-24(35)17-29(23)36/h3-4,6-18,26-27,33,39H,5,19H2,1-2H3/t26-,27-,33-/m0/s1. The summed E-state index contributed by atoms with van der Waals surface area (Å²) >= 11 is 18.9. The first-order valence-electron chi connectivity index (χ1n) is 13.5. The summed E-state index contributed by atoms with van der Waals surface area (Å²) in [6.07, 6.45) is 7.54. The topological polar surface area (TPSA) is 42.8 Å². The van der Waals surface area contributed by atoms with Gasteiger partial charge in [-0.3, -0.25) is 4.99 Å². The number of anilines is 1. The molecule has 1 aliphatic carbocycles. The summed E-state index contributed by atoms with van der Waals surface area (Å²) in [5.74, 6) is 1.91. The molecule has 1 aliphatic heterocycles. The van der Waals surface area contributed by atoms with Gasteiger partial charge < -0.3 is 14.8 Å². The highest BCUT2D eigenvalue weighted by atomic mass is 35.5. The molecule has 4 nitrogen and oxygen atoms in total. The van der Waals surface area contributed by atoms with Crippen molar-refractivity contribution in [3.8, 4) is 11.5 Å².